The molecular weight excluding hydrogens is 242 g/mol. The van der Waals surface area contributed by atoms with Crippen molar-refractivity contribution in [3.8, 4) is 11.1 Å². The third-order valence-electron chi connectivity index (χ3n) is 3.02. The normalized spacial score (nSPS) is 10.2. The number of hydrogen-bond acceptors (Lipinski definition) is 3. The highest BCUT2D eigenvalue weighted by Gasteiger charge is 2.08. The monoisotopic (exact) mass is 255 g/mol. The molecule has 0 aromatic heterocycles. The van der Waals surface area contributed by atoms with E-state index < -0.39 is 4.92 Å². The summed E-state index contributed by atoms with van der Waals surface area (Å²) in [6.45, 7) is 3.42. The molecule has 96 valence electrons. The van der Waals surface area contributed by atoms with Crippen molar-refractivity contribution in [2.75, 3.05) is 0 Å². The largest absolute Gasteiger partial charge is 0.295 e. The van der Waals surface area contributed by atoms with Crippen molar-refractivity contribution in [2.45, 2.75) is 13.8 Å². The number of non-ortho nitro benzene ring substituents is 1. The minimum absolute atomic E-state index is 0.0350. The third-order valence-corrected chi connectivity index (χ3v) is 3.02. The smallest absolute Gasteiger partial charge is 0.269 e. The molecular formula is C15H13NO3. The molecule has 0 atom stereocenters. The summed E-state index contributed by atoms with van der Waals surface area (Å²) in [5, 5.41) is 10.6. The maximum absolute atomic E-state index is 11.4. The van der Waals surface area contributed by atoms with Gasteiger partial charge in [0.05, 0.1) is 4.92 Å². The number of carbonyl (C=O) groups excluding carboxylic acids is 1. The first-order valence-electron chi connectivity index (χ1n) is 5.85. The van der Waals surface area contributed by atoms with E-state index in [0.29, 0.717) is 5.56 Å². The zero-order chi connectivity index (χ0) is 14.0. The molecule has 0 aliphatic heterocycles. The van der Waals surface area contributed by atoms with Crippen LogP contribution < -0.4 is 0 Å². The number of aryl methyl sites for hydroxylation is 1. The van der Waals surface area contributed by atoms with Crippen LogP contribution in [0.2, 0.25) is 0 Å². The van der Waals surface area contributed by atoms with E-state index in [2.05, 4.69) is 0 Å². The zero-order valence-electron chi connectivity index (χ0n) is 10.7. The lowest BCUT2D eigenvalue weighted by Gasteiger charge is -2.06. The molecule has 4 heteroatoms. The number of benzene rings is 2. The van der Waals surface area contributed by atoms with Gasteiger partial charge in [-0.15, -0.1) is 0 Å². The highest BCUT2D eigenvalue weighted by atomic mass is 16.6. The summed E-state index contributed by atoms with van der Waals surface area (Å²) < 4.78 is 0. The van der Waals surface area contributed by atoms with Crippen LogP contribution in [0.15, 0.2) is 42.5 Å². The summed E-state index contributed by atoms with van der Waals surface area (Å²) >= 11 is 0. The standard InChI is InChI=1S/C15H13NO3/c1-10-9-13(5-8-15(10)11(2)17)12-3-6-14(7-4-12)16(18)19/h3-9H,1-2H3. The first-order valence-corrected chi connectivity index (χ1v) is 5.85. The van der Waals surface area contributed by atoms with E-state index in [0.717, 1.165) is 16.7 Å². The van der Waals surface area contributed by atoms with Crippen molar-refractivity contribution < 1.29 is 9.72 Å². The Balaban J connectivity index is 2.39. The van der Waals surface area contributed by atoms with Crippen molar-refractivity contribution in [3.63, 3.8) is 0 Å². The van der Waals surface area contributed by atoms with E-state index >= 15 is 0 Å². The quantitative estimate of drug-likeness (QED) is 0.476. The second-order valence-corrected chi connectivity index (χ2v) is 4.39. The van der Waals surface area contributed by atoms with Gasteiger partial charge in [0.2, 0.25) is 0 Å². The van der Waals surface area contributed by atoms with Crippen LogP contribution >= 0.6 is 0 Å². The van der Waals surface area contributed by atoms with Crippen molar-refractivity contribution in [3.05, 3.63) is 63.7 Å². The maximum atomic E-state index is 11.4. The number of ketones is 1. The van der Waals surface area contributed by atoms with Gasteiger partial charge in [0.15, 0.2) is 5.78 Å². The summed E-state index contributed by atoms with van der Waals surface area (Å²) in [4.78, 5) is 21.5. The van der Waals surface area contributed by atoms with Crippen LogP contribution in [0.5, 0.6) is 0 Å². The number of Topliss-reactive ketones (excluding diaryl/α,β-unsaturated/α-hetero) is 1. The van der Waals surface area contributed by atoms with Crippen LogP contribution in [0.1, 0.15) is 22.8 Å². The molecule has 0 N–H and O–H groups in total. The molecule has 0 aliphatic rings. The Bertz CT molecular complexity index is 645. The van der Waals surface area contributed by atoms with Crippen LogP contribution in [0, 0.1) is 17.0 Å². The molecule has 0 fully saturated rings. The molecule has 0 aliphatic carbocycles. The van der Waals surface area contributed by atoms with Crippen molar-refractivity contribution >= 4 is 11.5 Å². The van der Waals surface area contributed by atoms with Crippen molar-refractivity contribution in [1.82, 2.24) is 0 Å². The number of nitro groups is 1. The van der Waals surface area contributed by atoms with Crippen molar-refractivity contribution in [2.24, 2.45) is 0 Å². The fourth-order valence-corrected chi connectivity index (χ4v) is 2.01. The average Bonchev–Trinajstić information content (AvgIpc) is 2.38. The summed E-state index contributed by atoms with van der Waals surface area (Å²) in [6, 6.07) is 11.9. The van der Waals surface area contributed by atoms with E-state index in [1.807, 2.05) is 19.1 Å². The van der Waals surface area contributed by atoms with Gasteiger partial charge in [0.25, 0.3) is 5.69 Å². The molecule has 2 aromatic carbocycles. The lowest BCUT2D eigenvalue weighted by molar-refractivity contribution is -0.384. The Morgan fingerprint density at radius 1 is 1.05 bits per heavy atom. The summed E-state index contributed by atoms with van der Waals surface area (Å²) in [6.07, 6.45) is 0. The number of carbonyl (C=O) groups is 1. The van der Waals surface area contributed by atoms with Gasteiger partial charge in [-0.2, -0.15) is 0 Å². The first kappa shape index (κ1) is 13.0. The van der Waals surface area contributed by atoms with E-state index in [-0.39, 0.29) is 11.5 Å². The molecule has 2 aromatic rings. The SMILES string of the molecule is CC(=O)c1ccc(-c2ccc([N+](=O)[O-])cc2)cc1C. The Morgan fingerprint density at radius 3 is 2.11 bits per heavy atom. The molecule has 0 unspecified atom stereocenters. The van der Waals surface area contributed by atoms with Gasteiger partial charge in [-0.3, -0.25) is 14.9 Å². The van der Waals surface area contributed by atoms with Gasteiger partial charge in [0, 0.05) is 17.7 Å². The van der Waals surface area contributed by atoms with Crippen LogP contribution in [-0.2, 0) is 0 Å². The van der Waals surface area contributed by atoms with Gasteiger partial charge < -0.3 is 0 Å². The number of hydrogen-bond donors (Lipinski definition) is 0. The number of nitro benzene ring substituents is 1. The lowest BCUT2D eigenvalue weighted by atomic mass is 9.98. The molecule has 0 spiro atoms. The Morgan fingerprint density at radius 2 is 1.63 bits per heavy atom. The van der Waals surface area contributed by atoms with Crippen LogP contribution in [0.4, 0.5) is 5.69 Å². The Labute approximate surface area is 110 Å². The molecule has 0 bridgehead atoms. The summed E-state index contributed by atoms with van der Waals surface area (Å²) in [5.41, 5.74) is 3.51. The Hall–Kier alpha value is -2.49. The van der Waals surface area contributed by atoms with Crippen LogP contribution in [0.3, 0.4) is 0 Å². The molecule has 0 radical (unpaired) electrons. The van der Waals surface area contributed by atoms with E-state index in [1.54, 1.807) is 18.2 Å². The van der Waals surface area contributed by atoms with Gasteiger partial charge >= 0.3 is 0 Å². The predicted molar refractivity (Wildman–Crippen MR) is 73.3 cm³/mol. The first-order chi connectivity index (χ1) is 8.99. The van der Waals surface area contributed by atoms with Crippen molar-refractivity contribution in [1.29, 1.82) is 0 Å². The van der Waals surface area contributed by atoms with Gasteiger partial charge in [-0.05, 0) is 42.7 Å². The topological polar surface area (TPSA) is 60.2 Å². The summed E-state index contributed by atoms with van der Waals surface area (Å²) in [7, 11) is 0. The number of rotatable bonds is 3. The highest BCUT2D eigenvalue weighted by Crippen LogP contribution is 2.24. The molecule has 0 saturated heterocycles. The van der Waals surface area contributed by atoms with Gasteiger partial charge in [-0.1, -0.05) is 18.2 Å². The second kappa shape index (κ2) is 5.02. The van der Waals surface area contributed by atoms with E-state index in [4.69, 9.17) is 0 Å². The van der Waals surface area contributed by atoms with Gasteiger partial charge in [-0.25, -0.2) is 0 Å². The fraction of sp³-hybridized carbons (Fsp3) is 0.133. The lowest BCUT2D eigenvalue weighted by Crippen LogP contribution is -1.96. The summed E-state index contributed by atoms with van der Waals surface area (Å²) in [5.74, 6) is 0.0350. The highest BCUT2D eigenvalue weighted by molar-refractivity contribution is 5.96. The van der Waals surface area contributed by atoms with Crippen LogP contribution in [-0.4, -0.2) is 10.7 Å². The average molecular weight is 255 g/mol. The van der Waals surface area contributed by atoms with E-state index in [9.17, 15) is 14.9 Å². The minimum Gasteiger partial charge on any atom is -0.295 e. The number of nitrogens with zero attached hydrogens (tertiary/aromatic N) is 1. The fourth-order valence-electron chi connectivity index (χ4n) is 2.01. The molecule has 0 heterocycles. The zero-order valence-corrected chi connectivity index (χ0v) is 10.7. The van der Waals surface area contributed by atoms with Crippen LogP contribution in [0.25, 0.3) is 11.1 Å². The molecule has 0 saturated carbocycles. The Kier molecular flexibility index (Phi) is 3.42. The molecule has 19 heavy (non-hydrogen) atoms. The molecule has 0 amide bonds. The molecule has 4 nitrogen and oxygen atoms in total. The predicted octanol–water partition coefficient (Wildman–Crippen LogP) is 3.77. The minimum atomic E-state index is -0.423. The second-order valence-electron chi connectivity index (χ2n) is 4.39. The maximum Gasteiger partial charge on any atom is 0.269 e. The van der Waals surface area contributed by atoms with Gasteiger partial charge in [0.1, 0.15) is 0 Å². The van der Waals surface area contributed by atoms with E-state index in [1.165, 1.54) is 19.1 Å². The molecule has 2 rings (SSSR count). The third kappa shape index (κ3) is 2.68.